The van der Waals surface area contributed by atoms with Gasteiger partial charge in [0.05, 0.1) is 11.9 Å². The largest absolute Gasteiger partial charge is 0.374 e. The average molecular weight is 356 g/mol. The molecule has 3 N–H and O–H groups in total. The SMILES string of the molecule is CC(O)(C(=O)Nc1cc(C2CC2)[nH]n1)c1csc(-c2cnccn2)n1. The Morgan fingerprint density at radius 1 is 1.44 bits per heavy atom. The molecule has 1 amide bonds. The van der Waals surface area contributed by atoms with Crippen LogP contribution in [0.1, 0.15) is 37.1 Å². The number of H-pyrrole nitrogens is 1. The zero-order valence-electron chi connectivity index (χ0n) is 13.4. The van der Waals surface area contributed by atoms with Crippen LogP contribution >= 0.6 is 11.3 Å². The van der Waals surface area contributed by atoms with Gasteiger partial charge in [0.1, 0.15) is 10.7 Å². The third-order valence-corrected chi connectivity index (χ3v) is 4.95. The van der Waals surface area contributed by atoms with E-state index in [0.717, 1.165) is 18.5 Å². The summed E-state index contributed by atoms with van der Waals surface area (Å²) in [6.45, 7) is 1.41. The molecule has 0 aliphatic heterocycles. The number of nitrogens with zero attached hydrogens (tertiary/aromatic N) is 4. The minimum Gasteiger partial charge on any atom is -0.374 e. The normalized spacial score (nSPS) is 16.4. The second-order valence-corrected chi connectivity index (χ2v) is 7.00. The molecular weight excluding hydrogens is 340 g/mol. The van der Waals surface area contributed by atoms with Crippen molar-refractivity contribution in [3.05, 3.63) is 41.4 Å². The molecule has 1 unspecified atom stereocenters. The fraction of sp³-hybridized carbons (Fsp3) is 0.312. The van der Waals surface area contributed by atoms with Crippen LogP contribution in [0.3, 0.4) is 0 Å². The van der Waals surface area contributed by atoms with Crippen LogP contribution < -0.4 is 5.32 Å². The lowest BCUT2D eigenvalue weighted by atomic mass is 10.0. The lowest BCUT2D eigenvalue weighted by Gasteiger charge is -2.19. The number of aromatic nitrogens is 5. The minimum absolute atomic E-state index is 0.258. The third-order valence-electron chi connectivity index (χ3n) is 4.08. The maximum atomic E-state index is 12.5. The van der Waals surface area contributed by atoms with Gasteiger partial charge >= 0.3 is 0 Å². The van der Waals surface area contributed by atoms with Gasteiger partial charge in [0.2, 0.25) is 0 Å². The number of hydrogen-bond donors (Lipinski definition) is 3. The Bertz CT molecular complexity index is 900. The fourth-order valence-corrected chi connectivity index (χ4v) is 3.27. The van der Waals surface area contributed by atoms with Crippen LogP contribution in [0.4, 0.5) is 5.82 Å². The summed E-state index contributed by atoms with van der Waals surface area (Å²) in [5.41, 5.74) is 0.0776. The van der Waals surface area contributed by atoms with E-state index in [4.69, 9.17) is 0 Å². The molecule has 0 bridgehead atoms. The molecule has 1 aliphatic carbocycles. The molecule has 9 heteroatoms. The van der Waals surface area contributed by atoms with Crippen molar-refractivity contribution >= 4 is 23.1 Å². The third kappa shape index (κ3) is 3.15. The highest BCUT2D eigenvalue weighted by molar-refractivity contribution is 7.13. The van der Waals surface area contributed by atoms with E-state index >= 15 is 0 Å². The van der Waals surface area contributed by atoms with Crippen molar-refractivity contribution in [1.82, 2.24) is 25.1 Å². The second-order valence-electron chi connectivity index (χ2n) is 6.14. The topological polar surface area (TPSA) is 117 Å². The van der Waals surface area contributed by atoms with Crippen LogP contribution in [0, 0.1) is 0 Å². The van der Waals surface area contributed by atoms with Crippen molar-refractivity contribution in [3.63, 3.8) is 0 Å². The van der Waals surface area contributed by atoms with E-state index in [0.29, 0.717) is 22.4 Å². The molecular formula is C16H16N6O2S. The molecule has 0 radical (unpaired) electrons. The van der Waals surface area contributed by atoms with Crippen LogP contribution in [0.15, 0.2) is 30.0 Å². The van der Waals surface area contributed by atoms with Gasteiger partial charge in [-0.1, -0.05) is 0 Å². The Kier molecular flexibility index (Phi) is 3.81. The van der Waals surface area contributed by atoms with E-state index in [1.807, 2.05) is 0 Å². The first-order chi connectivity index (χ1) is 12.0. The predicted molar refractivity (Wildman–Crippen MR) is 91.9 cm³/mol. The van der Waals surface area contributed by atoms with E-state index in [-0.39, 0.29) is 5.69 Å². The van der Waals surface area contributed by atoms with Gasteiger partial charge in [-0.3, -0.25) is 19.9 Å². The molecule has 0 spiro atoms. The zero-order valence-corrected chi connectivity index (χ0v) is 14.2. The Morgan fingerprint density at radius 2 is 2.28 bits per heavy atom. The number of amides is 1. The van der Waals surface area contributed by atoms with Crippen molar-refractivity contribution in [2.45, 2.75) is 31.3 Å². The molecule has 4 rings (SSSR count). The van der Waals surface area contributed by atoms with Gasteiger partial charge in [0, 0.05) is 35.5 Å². The van der Waals surface area contributed by atoms with Gasteiger partial charge < -0.3 is 10.4 Å². The molecule has 25 heavy (non-hydrogen) atoms. The molecule has 1 aliphatic rings. The summed E-state index contributed by atoms with van der Waals surface area (Å²) in [5.74, 6) is 0.320. The lowest BCUT2D eigenvalue weighted by molar-refractivity contribution is -0.133. The molecule has 1 fully saturated rings. The molecule has 1 saturated carbocycles. The summed E-state index contributed by atoms with van der Waals surface area (Å²) in [6.07, 6.45) is 6.99. The number of anilines is 1. The zero-order chi connectivity index (χ0) is 17.4. The maximum absolute atomic E-state index is 12.5. The van der Waals surface area contributed by atoms with Crippen LogP contribution in [0.25, 0.3) is 10.7 Å². The molecule has 3 aromatic heterocycles. The highest BCUT2D eigenvalue weighted by atomic mass is 32.1. The van der Waals surface area contributed by atoms with Gasteiger partial charge in [0.15, 0.2) is 11.4 Å². The lowest BCUT2D eigenvalue weighted by Crippen LogP contribution is -2.37. The van der Waals surface area contributed by atoms with E-state index in [1.165, 1.54) is 18.3 Å². The monoisotopic (exact) mass is 356 g/mol. The van der Waals surface area contributed by atoms with Crippen molar-refractivity contribution in [2.75, 3.05) is 5.32 Å². The van der Waals surface area contributed by atoms with Gasteiger partial charge in [-0.15, -0.1) is 11.3 Å². The Morgan fingerprint density at radius 3 is 3.00 bits per heavy atom. The molecule has 1 atom stereocenters. The van der Waals surface area contributed by atoms with Crippen molar-refractivity contribution in [1.29, 1.82) is 0 Å². The highest BCUT2D eigenvalue weighted by Crippen LogP contribution is 2.39. The molecule has 0 aromatic carbocycles. The summed E-state index contributed by atoms with van der Waals surface area (Å²) in [6, 6.07) is 1.80. The van der Waals surface area contributed by atoms with Crippen LogP contribution in [0.5, 0.6) is 0 Å². The second kappa shape index (κ2) is 6.01. The number of aliphatic hydroxyl groups is 1. The molecule has 8 nitrogen and oxygen atoms in total. The maximum Gasteiger partial charge on any atom is 0.263 e. The van der Waals surface area contributed by atoms with Crippen LogP contribution in [-0.4, -0.2) is 36.2 Å². The molecule has 3 aromatic rings. The van der Waals surface area contributed by atoms with Gasteiger partial charge in [-0.25, -0.2) is 4.98 Å². The van der Waals surface area contributed by atoms with E-state index in [9.17, 15) is 9.90 Å². The standard InChI is InChI=1S/C16H16N6O2S/c1-16(24,12-8-25-14(19-12)11-7-17-4-5-18-11)15(23)20-13-6-10(21-22-13)9-2-3-9/h4-9,24H,2-3H2,1H3,(H2,20,21,22,23). The predicted octanol–water partition coefficient (Wildman–Crippen LogP) is 2.05. The number of hydrogen-bond acceptors (Lipinski definition) is 7. The first-order valence-electron chi connectivity index (χ1n) is 7.85. The Labute approximate surface area is 147 Å². The average Bonchev–Trinajstić information content (AvgIpc) is 3.15. The number of carbonyl (C=O) groups excluding carboxylic acids is 1. The number of nitrogens with one attached hydrogen (secondary N) is 2. The number of thiazole rings is 1. The van der Waals surface area contributed by atoms with Gasteiger partial charge in [0.25, 0.3) is 5.91 Å². The number of carbonyl (C=O) groups is 1. The summed E-state index contributed by atoms with van der Waals surface area (Å²) >= 11 is 1.29. The van der Waals surface area contributed by atoms with Crippen molar-refractivity contribution < 1.29 is 9.90 Å². The van der Waals surface area contributed by atoms with Crippen molar-refractivity contribution in [3.8, 4) is 10.7 Å². The number of rotatable bonds is 5. The van der Waals surface area contributed by atoms with E-state index < -0.39 is 11.5 Å². The van der Waals surface area contributed by atoms with E-state index in [2.05, 4.69) is 30.5 Å². The summed E-state index contributed by atoms with van der Waals surface area (Å²) in [5, 5.41) is 22.5. The van der Waals surface area contributed by atoms with E-state index in [1.54, 1.807) is 30.0 Å². The Hall–Kier alpha value is -2.65. The minimum atomic E-state index is -1.78. The number of aromatic amines is 1. The highest BCUT2D eigenvalue weighted by Gasteiger charge is 2.36. The smallest absolute Gasteiger partial charge is 0.263 e. The van der Waals surface area contributed by atoms with Gasteiger partial charge in [-0.05, 0) is 19.8 Å². The molecule has 128 valence electrons. The Balaban J connectivity index is 1.51. The molecule has 3 heterocycles. The quantitative estimate of drug-likeness (QED) is 0.644. The van der Waals surface area contributed by atoms with Crippen LogP contribution in [0.2, 0.25) is 0 Å². The molecule has 0 saturated heterocycles. The van der Waals surface area contributed by atoms with Gasteiger partial charge in [-0.2, -0.15) is 5.10 Å². The van der Waals surface area contributed by atoms with Crippen LogP contribution in [-0.2, 0) is 10.4 Å². The van der Waals surface area contributed by atoms with Crippen molar-refractivity contribution in [2.24, 2.45) is 0 Å². The first kappa shape index (κ1) is 15.9. The fourth-order valence-electron chi connectivity index (χ4n) is 2.38. The first-order valence-corrected chi connectivity index (χ1v) is 8.73. The summed E-state index contributed by atoms with van der Waals surface area (Å²) in [7, 11) is 0. The summed E-state index contributed by atoms with van der Waals surface area (Å²) < 4.78 is 0. The summed E-state index contributed by atoms with van der Waals surface area (Å²) in [4.78, 5) is 25.0.